The maximum Gasteiger partial charge on any atom is 0.341 e. The van der Waals surface area contributed by atoms with Crippen molar-refractivity contribution >= 4 is 62.6 Å². The Bertz CT molecular complexity index is 1780. The normalized spacial score (nSPS) is 14.3. The lowest BCUT2D eigenvalue weighted by Crippen LogP contribution is -2.42. The minimum Gasteiger partial charge on any atom is -0.493 e. The van der Waals surface area contributed by atoms with Crippen molar-refractivity contribution < 1.29 is 33.8 Å². The van der Waals surface area contributed by atoms with E-state index in [9.17, 15) is 19.2 Å². The first-order valence-corrected chi connectivity index (χ1v) is 16.3. The summed E-state index contributed by atoms with van der Waals surface area (Å²) in [5.41, 5.74) is 2.35. The number of carbonyl (C=O) groups is 4. The van der Waals surface area contributed by atoms with Crippen LogP contribution in [0.15, 0.2) is 124 Å². The lowest BCUT2D eigenvalue weighted by atomic mass is 9.99. The number of methoxy groups -OCH3 is 1. The number of carboxylic acid groups (broad SMARTS) is 1. The first-order chi connectivity index (χ1) is 23.2. The standard InChI is InChI=1S/C36H32BrN3O7S/c1-4-6-17-26(5-2)40-35(45)27(18-23-19-28(37)33(29(20-23)46-3)47-21-31(42)43)34(44)39-36(40)48-22-30(41)38-32(24-13-9-7-10-14-24)25-15-11-8-12-16-25/h4-20,32H,1,21-22H2,2-3H3,(H,38,41)(H,42,43)/b17-6-,26-5+,27-18+. The SMILES string of the molecule is C=C/C=C\C(=C/C)N1C(=O)/C(=C/c2cc(Br)c(OCC(=O)O)c(OC)c2)C(=O)N=C1SCC(=O)NC(c1ccccc1)c1ccccc1. The number of rotatable bonds is 13. The van der Waals surface area contributed by atoms with Gasteiger partial charge in [-0.05, 0) is 63.8 Å². The summed E-state index contributed by atoms with van der Waals surface area (Å²) in [6.45, 7) is 4.82. The van der Waals surface area contributed by atoms with Crippen LogP contribution in [0.25, 0.3) is 6.08 Å². The summed E-state index contributed by atoms with van der Waals surface area (Å²) >= 11 is 4.30. The molecule has 246 valence electrons. The van der Waals surface area contributed by atoms with E-state index in [-0.39, 0.29) is 33.9 Å². The van der Waals surface area contributed by atoms with Gasteiger partial charge in [0.25, 0.3) is 11.8 Å². The second kappa shape index (κ2) is 17.1. The zero-order chi connectivity index (χ0) is 34.6. The van der Waals surface area contributed by atoms with Crippen LogP contribution in [-0.4, -0.2) is 58.3 Å². The highest BCUT2D eigenvalue weighted by molar-refractivity contribution is 9.10. The lowest BCUT2D eigenvalue weighted by molar-refractivity contribution is -0.139. The molecule has 1 aliphatic rings. The maximum atomic E-state index is 14.0. The maximum absolute atomic E-state index is 14.0. The Morgan fingerprint density at radius 2 is 1.73 bits per heavy atom. The number of aliphatic carboxylic acids is 1. The number of carbonyl (C=O) groups excluding carboxylic acids is 3. The highest BCUT2D eigenvalue weighted by Gasteiger charge is 2.35. The molecule has 0 unspecified atom stereocenters. The van der Waals surface area contributed by atoms with Crippen LogP contribution in [0.2, 0.25) is 0 Å². The fourth-order valence-electron chi connectivity index (χ4n) is 4.66. The lowest BCUT2D eigenvalue weighted by Gasteiger charge is -2.28. The summed E-state index contributed by atoms with van der Waals surface area (Å²) in [4.78, 5) is 57.2. The average Bonchev–Trinajstić information content (AvgIpc) is 3.09. The summed E-state index contributed by atoms with van der Waals surface area (Å²) in [7, 11) is 1.38. The number of hydrogen-bond acceptors (Lipinski definition) is 7. The van der Waals surface area contributed by atoms with Crippen molar-refractivity contribution in [1.82, 2.24) is 10.2 Å². The topological polar surface area (TPSA) is 135 Å². The summed E-state index contributed by atoms with van der Waals surface area (Å²) in [6.07, 6.45) is 7.86. The number of ether oxygens (including phenoxy) is 2. The van der Waals surface area contributed by atoms with Crippen LogP contribution in [0.5, 0.6) is 11.5 Å². The van der Waals surface area contributed by atoms with Crippen molar-refractivity contribution in [3.8, 4) is 11.5 Å². The molecule has 0 saturated heterocycles. The van der Waals surface area contributed by atoms with E-state index in [2.05, 4.69) is 32.8 Å². The van der Waals surface area contributed by atoms with Gasteiger partial charge in [0.15, 0.2) is 23.3 Å². The molecule has 3 aromatic rings. The van der Waals surface area contributed by atoms with Gasteiger partial charge in [-0.1, -0.05) is 97.2 Å². The number of thioether (sulfide) groups is 1. The van der Waals surface area contributed by atoms with Gasteiger partial charge in [-0.2, -0.15) is 4.99 Å². The van der Waals surface area contributed by atoms with Crippen molar-refractivity contribution in [3.05, 3.63) is 136 Å². The van der Waals surface area contributed by atoms with Crippen molar-refractivity contribution in [3.63, 3.8) is 0 Å². The number of hydrogen-bond donors (Lipinski definition) is 2. The van der Waals surface area contributed by atoms with E-state index >= 15 is 0 Å². The molecule has 0 saturated carbocycles. The van der Waals surface area contributed by atoms with Gasteiger partial charge in [0, 0.05) is 5.70 Å². The third-order valence-corrected chi connectivity index (χ3v) is 8.34. The smallest absolute Gasteiger partial charge is 0.341 e. The Morgan fingerprint density at radius 3 is 2.29 bits per heavy atom. The molecule has 10 nitrogen and oxygen atoms in total. The van der Waals surface area contributed by atoms with Crippen LogP contribution >= 0.6 is 27.7 Å². The van der Waals surface area contributed by atoms with Gasteiger partial charge in [-0.25, -0.2) is 4.79 Å². The molecular weight excluding hydrogens is 698 g/mol. The summed E-state index contributed by atoms with van der Waals surface area (Å²) in [5.74, 6) is -2.75. The number of amides is 3. The van der Waals surface area contributed by atoms with Crippen LogP contribution in [0, 0.1) is 0 Å². The molecular formula is C36H32BrN3O7S. The minimum absolute atomic E-state index is 0.0336. The number of nitrogens with one attached hydrogen (secondary N) is 1. The molecule has 0 fully saturated rings. The Kier molecular flexibility index (Phi) is 12.7. The van der Waals surface area contributed by atoms with Gasteiger partial charge in [0.05, 0.1) is 23.4 Å². The zero-order valence-corrected chi connectivity index (χ0v) is 28.5. The van der Waals surface area contributed by atoms with Gasteiger partial charge in [-0.15, -0.1) is 0 Å². The number of aliphatic imine (C=N–C) groups is 1. The molecule has 0 radical (unpaired) electrons. The number of allylic oxidation sites excluding steroid dienone is 4. The summed E-state index contributed by atoms with van der Waals surface area (Å²) in [6, 6.07) is 21.7. The molecule has 3 aromatic carbocycles. The molecule has 0 spiro atoms. The van der Waals surface area contributed by atoms with E-state index in [4.69, 9.17) is 14.6 Å². The van der Waals surface area contributed by atoms with E-state index in [0.29, 0.717) is 15.7 Å². The van der Waals surface area contributed by atoms with Gasteiger partial charge < -0.3 is 19.9 Å². The van der Waals surface area contributed by atoms with E-state index in [1.165, 1.54) is 24.2 Å². The van der Waals surface area contributed by atoms with Crippen molar-refractivity contribution in [1.29, 1.82) is 0 Å². The van der Waals surface area contributed by atoms with E-state index in [1.807, 2.05) is 60.7 Å². The minimum atomic E-state index is -1.17. The summed E-state index contributed by atoms with van der Waals surface area (Å²) < 4.78 is 11.0. The molecule has 0 bridgehead atoms. The van der Waals surface area contributed by atoms with Crippen LogP contribution in [0.4, 0.5) is 0 Å². The van der Waals surface area contributed by atoms with Crippen molar-refractivity contribution in [2.75, 3.05) is 19.5 Å². The molecule has 12 heteroatoms. The van der Waals surface area contributed by atoms with Gasteiger partial charge in [0.2, 0.25) is 5.91 Å². The highest BCUT2D eigenvalue weighted by atomic mass is 79.9. The first-order valence-electron chi connectivity index (χ1n) is 14.6. The second-order valence-electron chi connectivity index (χ2n) is 10.0. The molecule has 48 heavy (non-hydrogen) atoms. The second-order valence-corrected chi connectivity index (χ2v) is 11.8. The molecule has 4 rings (SSSR count). The number of carboxylic acids is 1. The van der Waals surface area contributed by atoms with E-state index in [1.54, 1.807) is 37.3 Å². The van der Waals surface area contributed by atoms with Crippen molar-refractivity contribution in [2.45, 2.75) is 13.0 Å². The predicted octanol–water partition coefficient (Wildman–Crippen LogP) is 6.31. The highest BCUT2D eigenvalue weighted by Crippen LogP contribution is 2.38. The Balaban J connectivity index is 1.64. The molecule has 3 amide bonds. The fraction of sp³-hybridized carbons (Fsp3) is 0.139. The Labute approximate surface area is 290 Å². The molecule has 2 N–H and O–H groups in total. The predicted molar refractivity (Wildman–Crippen MR) is 190 cm³/mol. The van der Waals surface area contributed by atoms with E-state index in [0.717, 1.165) is 22.9 Å². The molecule has 0 aliphatic carbocycles. The largest absolute Gasteiger partial charge is 0.493 e. The Morgan fingerprint density at radius 1 is 1.08 bits per heavy atom. The fourth-order valence-corrected chi connectivity index (χ4v) is 6.04. The first kappa shape index (κ1) is 35.7. The number of benzene rings is 3. The Hall–Kier alpha value is -5.20. The number of amidine groups is 1. The van der Waals surface area contributed by atoms with Crippen LogP contribution < -0.4 is 14.8 Å². The molecule has 1 aliphatic heterocycles. The van der Waals surface area contributed by atoms with Gasteiger partial charge in [-0.3, -0.25) is 19.3 Å². The number of halogens is 1. The third-order valence-electron chi connectivity index (χ3n) is 6.82. The molecule has 0 aromatic heterocycles. The monoisotopic (exact) mass is 729 g/mol. The van der Waals surface area contributed by atoms with Crippen LogP contribution in [-0.2, 0) is 19.2 Å². The van der Waals surface area contributed by atoms with Crippen LogP contribution in [0.3, 0.4) is 0 Å². The summed E-state index contributed by atoms with van der Waals surface area (Å²) in [5, 5.41) is 12.1. The van der Waals surface area contributed by atoms with Crippen molar-refractivity contribution in [2.24, 2.45) is 4.99 Å². The molecule has 1 heterocycles. The van der Waals surface area contributed by atoms with E-state index < -0.39 is 30.4 Å². The quantitative estimate of drug-likeness (QED) is 0.119. The van der Waals surface area contributed by atoms with Crippen LogP contribution in [0.1, 0.15) is 29.7 Å². The van der Waals surface area contributed by atoms with Gasteiger partial charge in [0.1, 0.15) is 5.57 Å². The molecule has 0 atom stereocenters. The number of nitrogens with zero attached hydrogens (tertiary/aromatic N) is 2. The zero-order valence-electron chi connectivity index (χ0n) is 26.1. The average molecular weight is 731 g/mol. The van der Waals surface area contributed by atoms with Gasteiger partial charge >= 0.3 is 5.97 Å². The third kappa shape index (κ3) is 8.99.